The lowest BCUT2D eigenvalue weighted by molar-refractivity contribution is 0.421. The summed E-state index contributed by atoms with van der Waals surface area (Å²) in [6.45, 7) is 0. The van der Waals surface area contributed by atoms with E-state index in [2.05, 4.69) is 15.1 Å². The van der Waals surface area contributed by atoms with Crippen molar-refractivity contribution in [1.82, 2.24) is 15.1 Å². The van der Waals surface area contributed by atoms with Crippen LogP contribution in [0.15, 0.2) is 22.9 Å². The van der Waals surface area contributed by atoms with Crippen molar-refractivity contribution in [1.29, 1.82) is 0 Å². The summed E-state index contributed by atoms with van der Waals surface area (Å²) in [7, 11) is 0. The SMILES string of the molecule is Nc1ccc(-c2nc(C3CCCS3)no2)cn1. The summed E-state index contributed by atoms with van der Waals surface area (Å²) < 4.78 is 5.25. The van der Waals surface area contributed by atoms with Gasteiger partial charge in [0, 0.05) is 6.20 Å². The smallest absolute Gasteiger partial charge is 0.259 e. The van der Waals surface area contributed by atoms with Crippen LogP contribution in [-0.2, 0) is 0 Å². The number of nitrogens with zero attached hydrogens (tertiary/aromatic N) is 3. The molecule has 2 aromatic rings. The third-order valence-electron chi connectivity index (χ3n) is 2.69. The van der Waals surface area contributed by atoms with E-state index in [0.29, 0.717) is 17.0 Å². The predicted octanol–water partition coefficient (Wildman–Crippen LogP) is 2.28. The van der Waals surface area contributed by atoms with Crippen molar-refractivity contribution in [3.8, 4) is 11.5 Å². The number of hydrogen-bond acceptors (Lipinski definition) is 6. The molecule has 17 heavy (non-hydrogen) atoms. The highest BCUT2D eigenvalue weighted by Crippen LogP contribution is 2.38. The van der Waals surface area contributed by atoms with E-state index in [1.807, 2.05) is 17.8 Å². The van der Waals surface area contributed by atoms with Gasteiger partial charge in [-0.3, -0.25) is 0 Å². The van der Waals surface area contributed by atoms with E-state index in [-0.39, 0.29) is 0 Å². The normalized spacial score (nSPS) is 19.6. The van der Waals surface area contributed by atoms with Crippen LogP contribution in [0.25, 0.3) is 11.5 Å². The zero-order chi connectivity index (χ0) is 11.7. The predicted molar refractivity (Wildman–Crippen MR) is 66.4 cm³/mol. The molecule has 0 bridgehead atoms. The third-order valence-corrected chi connectivity index (χ3v) is 4.07. The Labute approximate surface area is 103 Å². The molecule has 2 N–H and O–H groups in total. The van der Waals surface area contributed by atoms with Crippen molar-refractivity contribution in [3.63, 3.8) is 0 Å². The van der Waals surface area contributed by atoms with Gasteiger partial charge in [-0.2, -0.15) is 16.7 Å². The Kier molecular flexibility index (Phi) is 2.72. The zero-order valence-corrected chi connectivity index (χ0v) is 9.98. The second-order valence-electron chi connectivity index (χ2n) is 3.93. The lowest BCUT2D eigenvalue weighted by Crippen LogP contribution is -1.92. The lowest BCUT2D eigenvalue weighted by atomic mass is 10.2. The first-order chi connectivity index (χ1) is 8.33. The summed E-state index contributed by atoms with van der Waals surface area (Å²) in [5.41, 5.74) is 6.33. The van der Waals surface area contributed by atoms with Gasteiger partial charge < -0.3 is 10.3 Å². The standard InChI is InChI=1S/C11H12N4OS/c12-9-4-3-7(6-13-9)11-14-10(15-16-11)8-2-1-5-17-8/h3-4,6,8H,1-2,5H2,(H2,12,13). The van der Waals surface area contributed by atoms with Crippen LogP contribution >= 0.6 is 11.8 Å². The van der Waals surface area contributed by atoms with Crippen LogP contribution in [0.4, 0.5) is 5.82 Å². The Morgan fingerprint density at radius 1 is 1.41 bits per heavy atom. The molecule has 0 spiro atoms. The molecule has 1 atom stereocenters. The number of hydrogen-bond donors (Lipinski definition) is 1. The van der Waals surface area contributed by atoms with Crippen molar-refractivity contribution >= 4 is 17.6 Å². The Hall–Kier alpha value is -1.56. The average molecular weight is 248 g/mol. The van der Waals surface area contributed by atoms with Gasteiger partial charge >= 0.3 is 0 Å². The van der Waals surface area contributed by atoms with Crippen molar-refractivity contribution < 1.29 is 4.52 Å². The highest BCUT2D eigenvalue weighted by molar-refractivity contribution is 7.99. The second-order valence-corrected chi connectivity index (χ2v) is 5.24. The van der Waals surface area contributed by atoms with E-state index in [1.165, 1.54) is 12.2 Å². The molecule has 1 aliphatic heterocycles. The van der Waals surface area contributed by atoms with E-state index < -0.39 is 0 Å². The number of rotatable bonds is 2. The molecule has 1 fully saturated rings. The fourth-order valence-electron chi connectivity index (χ4n) is 1.80. The Bertz CT molecular complexity index is 504. The van der Waals surface area contributed by atoms with E-state index in [1.54, 1.807) is 12.3 Å². The highest BCUT2D eigenvalue weighted by Gasteiger charge is 2.23. The largest absolute Gasteiger partial charge is 0.384 e. The topological polar surface area (TPSA) is 77.8 Å². The van der Waals surface area contributed by atoms with Crippen molar-refractivity contribution in [2.75, 3.05) is 11.5 Å². The Balaban J connectivity index is 1.86. The molecule has 0 aliphatic carbocycles. The van der Waals surface area contributed by atoms with Crippen LogP contribution in [-0.4, -0.2) is 20.9 Å². The summed E-state index contributed by atoms with van der Waals surface area (Å²) in [4.78, 5) is 8.42. The number of nitrogens with two attached hydrogens (primary N) is 1. The molecule has 88 valence electrons. The molecule has 0 amide bonds. The van der Waals surface area contributed by atoms with E-state index in [0.717, 1.165) is 17.8 Å². The van der Waals surface area contributed by atoms with Gasteiger partial charge in [0.15, 0.2) is 5.82 Å². The summed E-state index contributed by atoms with van der Waals surface area (Å²) >= 11 is 1.89. The van der Waals surface area contributed by atoms with Crippen molar-refractivity contribution in [3.05, 3.63) is 24.2 Å². The quantitative estimate of drug-likeness (QED) is 0.878. The minimum absolute atomic E-state index is 0.384. The first-order valence-corrected chi connectivity index (χ1v) is 6.55. The van der Waals surface area contributed by atoms with Crippen LogP contribution < -0.4 is 5.73 Å². The highest BCUT2D eigenvalue weighted by atomic mass is 32.2. The molecule has 1 saturated heterocycles. The van der Waals surface area contributed by atoms with Crippen LogP contribution in [0.2, 0.25) is 0 Å². The molecule has 0 aromatic carbocycles. The lowest BCUT2D eigenvalue weighted by Gasteiger charge is -1.99. The molecule has 3 rings (SSSR count). The van der Waals surface area contributed by atoms with Crippen molar-refractivity contribution in [2.45, 2.75) is 18.1 Å². The second kappa shape index (κ2) is 4.37. The molecule has 3 heterocycles. The maximum absolute atomic E-state index is 5.53. The molecule has 1 unspecified atom stereocenters. The molecular formula is C11H12N4OS. The minimum Gasteiger partial charge on any atom is -0.384 e. The average Bonchev–Trinajstić information content (AvgIpc) is 3.00. The molecule has 0 radical (unpaired) electrons. The Morgan fingerprint density at radius 2 is 2.35 bits per heavy atom. The summed E-state index contributed by atoms with van der Waals surface area (Å²) in [5.74, 6) is 2.97. The molecule has 2 aromatic heterocycles. The maximum atomic E-state index is 5.53. The first-order valence-electron chi connectivity index (χ1n) is 5.50. The van der Waals surface area contributed by atoms with Gasteiger partial charge in [0.05, 0.1) is 10.8 Å². The van der Waals surface area contributed by atoms with E-state index in [4.69, 9.17) is 10.3 Å². The maximum Gasteiger partial charge on any atom is 0.259 e. The van der Waals surface area contributed by atoms with Gasteiger partial charge in [0.2, 0.25) is 0 Å². The van der Waals surface area contributed by atoms with Crippen LogP contribution in [0, 0.1) is 0 Å². The van der Waals surface area contributed by atoms with Gasteiger partial charge in [-0.05, 0) is 30.7 Å². The summed E-state index contributed by atoms with van der Waals surface area (Å²) in [6.07, 6.45) is 4.00. The number of pyridine rings is 1. The van der Waals surface area contributed by atoms with Gasteiger partial charge in [-0.25, -0.2) is 4.98 Å². The molecule has 0 saturated carbocycles. The molecule has 6 heteroatoms. The van der Waals surface area contributed by atoms with E-state index >= 15 is 0 Å². The molecular weight excluding hydrogens is 236 g/mol. The number of anilines is 1. The first kappa shape index (κ1) is 10.6. The van der Waals surface area contributed by atoms with Crippen LogP contribution in [0.3, 0.4) is 0 Å². The summed E-state index contributed by atoms with van der Waals surface area (Å²) in [6, 6.07) is 3.56. The Morgan fingerprint density at radius 3 is 3.06 bits per heavy atom. The van der Waals surface area contributed by atoms with E-state index in [9.17, 15) is 0 Å². The van der Waals surface area contributed by atoms with Gasteiger partial charge in [-0.1, -0.05) is 5.16 Å². The number of nitrogen functional groups attached to an aromatic ring is 1. The van der Waals surface area contributed by atoms with Gasteiger partial charge in [0.1, 0.15) is 5.82 Å². The fourth-order valence-corrected chi connectivity index (χ4v) is 2.99. The number of aromatic nitrogens is 3. The van der Waals surface area contributed by atoms with Gasteiger partial charge in [-0.15, -0.1) is 0 Å². The molecule has 5 nitrogen and oxygen atoms in total. The van der Waals surface area contributed by atoms with Crippen molar-refractivity contribution in [2.24, 2.45) is 0 Å². The van der Waals surface area contributed by atoms with Crippen LogP contribution in [0.5, 0.6) is 0 Å². The van der Waals surface area contributed by atoms with Crippen LogP contribution in [0.1, 0.15) is 23.9 Å². The molecule has 1 aliphatic rings. The fraction of sp³-hybridized carbons (Fsp3) is 0.364. The summed E-state index contributed by atoms with van der Waals surface area (Å²) in [5, 5.41) is 4.41. The zero-order valence-electron chi connectivity index (χ0n) is 9.17. The third kappa shape index (κ3) is 2.12. The minimum atomic E-state index is 0.384. The van der Waals surface area contributed by atoms with Gasteiger partial charge in [0.25, 0.3) is 5.89 Å². The monoisotopic (exact) mass is 248 g/mol. The number of thioether (sulfide) groups is 1.